The number of nitrogens with zero attached hydrogens (tertiary/aromatic N) is 3. The lowest BCUT2D eigenvalue weighted by Crippen LogP contribution is -2.29. The van der Waals surface area contributed by atoms with Gasteiger partial charge in [0.1, 0.15) is 24.6 Å². The zero-order valence-corrected chi connectivity index (χ0v) is 30.3. The van der Waals surface area contributed by atoms with E-state index in [0.29, 0.717) is 0 Å². The van der Waals surface area contributed by atoms with Crippen molar-refractivity contribution in [3.05, 3.63) is 124 Å². The van der Waals surface area contributed by atoms with Crippen LogP contribution in [0.25, 0.3) is 23.0 Å². The third kappa shape index (κ3) is 4.98. The molecule has 0 saturated carbocycles. The molecule has 0 fully saturated rings. The minimum Gasteiger partial charge on any atom is -0.456 e. The second kappa shape index (κ2) is 12.3. The van der Waals surface area contributed by atoms with E-state index in [-0.39, 0.29) is 10.8 Å². The van der Waals surface area contributed by atoms with Crippen LogP contribution >= 0.6 is 0 Å². The first-order chi connectivity index (χ1) is 23.1. The molecule has 0 saturated heterocycles. The van der Waals surface area contributed by atoms with E-state index in [0.717, 1.165) is 57.0 Å². The molecule has 48 heavy (non-hydrogen) atoms. The van der Waals surface area contributed by atoms with Gasteiger partial charge in [-0.25, -0.2) is 4.58 Å². The summed E-state index contributed by atoms with van der Waals surface area (Å²) in [5.74, 6) is 2.02. The van der Waals surface area contributed by atoms with E-state index in [1.54, 1.807) is 0 Å². The van der Waals surface area contributed by atoms with Gasteiger partial charge in [0.25, 0.3) is 0 Å². The summed E-state index contributed by atoms with van der Waals surface area (Å²) in [6.07, 6.45) is 10.4. The lowest BCUT2D eigenvalue weighted by Gasteiger charge is -2.29. The molecule has 7 rings (SSSR count). The predicted octanol–water partition coefficient (Wildman–Crippen LogP) is 9.78. The Morgan fingerprint density at radius 1 is 0.729 bits per heavy atom. The van der Waals surface area contributed by atoms with Gasteiger partial charge in [-0.15, -0.1) is 0 Å². The lowest BCUT2D eigenvalue weighted by atomic mass is 9.81. The van der Waals surface area contributed by atoms with Crippen molar-refractivity contribution in [2.24, 2.45) is 0 Å². The minimum atomic E-state index is -0.107. The molecule has 0 amide bonds. The van der Waals surface area contributed by atoms with Gasteiger partial charge in [0.2, 0.25) is 5.36 Å². The van der Waals surface area contributed by atoms with E-state index in [1.165, 1.54) is 61.5 Å². The van der Waals surface area contributed by atoms with Gasteiger partial charge in [0, 0.05) is 63.9 Å². The average Bonchev–Trinajstić information content (AvgIpc) is 3.45. The Hall–Kier alpha value is -4.31. The van der Waals surface area contributed by atoms with Gasteiger partial charge in [-0.2, -0.15) is 0 Å². The van der Waals surface area contributed by atoms with E-state index < -0.39 is 0 Å². The second-order valence-electron chi connectivity index (χ2n) is 14.6. The van der Waals surface area contributed by atoms with E-state index in [4.69, 9.17) is 4.42 Å². The van der Waals surface area contributed by atoms with Crippen molar-refractivity contribution in [1.29, 1.82) is 0 Å². The number of likely N-dealkylation sites (N-methyl/N-ethyl adjacent to an activating group) is 2. The van der Waals surface area contributed by atoms with E-state index in [9.17, 15) is 0 Å². The second-order valence-corrected chi connectivity index (χ2v) is 14.6. The number of allylic oxidation sites excluding steroid dienone is 5. The monoisotopic (exact) mass is 638 g/mol. The van der Waals surface area contributed by atoms with Gasteiger partial charge in [0.05, 0.1) is 6.07 Å². The number of hydrogen-bond donors (Lipinski definition) is 0. The fraction of sp³-hybridized carbons (Fsp3) is 0.386. The van der Waals surface area contributed by atoms with Crippen molar-refractivity contribution in [1.82, 2.24) is 4.58 Å². The highest BCUT2D eigenvalue weighted by atomic mass is 16.3. The fourth-order valence-corrected chi connectivity index (χ4v) is 8.70. The molecule has 4 nitrogen and oxygen atoms in total. The van der Waals surface area contributed by atoms with Gasteiger partial charge < -0.3 is 14.2 Å². The fourth-order valence-electron chi connectivity index (χ4n) is 8.70. The number of para-hydroxylation sites is 2. The van der Waals surface area contributed by atoms with Crippen LogP contribution in [0.1, 0.15) is 96.2 Å². The van der Waals surface area contributed by atoms with Gasteiger partial charge >= 0.3 is 0 Å². The van der Waals surface area contributed by atoms with Crippen molar-refractivity contribution >= 4 is 23.0 Å². The summed E-state index contributed by atoms with van der Waals surface area (Å²) in [4.78, 5) is 5.00. The van der Waals surface area contributed by atoms with Crippen molar-refractivity contribution in [2.75, 3.05) is 36.0 Å². The van der Waals surface area contributed by atoms with Crippen LogP contribution in [0.15, 0.2) is 94.7 Å². The van der Waals surface area contributed by atoms with Crippen LogP contribution in [0.3, 0.4) is 0 Å². The number of rotatable bonds is 6. The van der Waals surface area contributed by atoms with E-state index >= 15 is 0 Å². The molecule has 0 spiro atoms. The summed E-state index contributed by atoms with van der Waals surface area (Å²) in [6, 6.07) is 24.7. The SMILES string of the molecule is CCN1/C(=C\c2c3ccc(=[N+](CC)CC)cc-3oc3c2CCC/C3=C\C=C2\N(CC)c3ccccc3C2(C)C)C(C)(C)c2ccccc21. The van der Waals surface area contributed by atoms with E-state index in [1.807, 2.05) is 0 Å². The van der Waals surface area contributed by atoms with Crippen LogP contribution < -0.4 is 19.7 Å². The molecule has 0 bridgehead atoms. The highest BCUT2D eigenvalue weighted by Gasteiger charge is 2.41. The number of fused-ring (bicyclic) bond motifs is 4. The molecule has 3 heterocycles. The Morgan fingerprint density at radius 2 is 1.33 bits per heavy atom. The largest absolute Gasteiger partial charge is 0.456 e. The maximum absolute atomic E-state index is 7.05. The van der Waals surface area contributed by atoms with Crippen molar-refractivity contribution in [2.45, 2.75) is 85.5 Å². The van der Waals surface area contributed by atoms with Gasteiger partial charge in [-0.1, -0.05) is 70.2 Å². The summed E-state index contributed by atoms with van der Waals surface area (Å²) in [7, 11) is 0. The molecule has 2 aromatic carbocycles. The first kappa shape index (κ1) is 32.2. The predicted molar refractivity (Wildman–Crippen MR) is 204 cm³/mol. The molecular weight excluding hydrogens is 587 g/mol. The Kier molecular flexibility index (Phi) is 8.26. The normalized spacial score (nSPS) is 20.1. The summed E-state index contributed by atoms with van der Waals surface area (Å²) in [5, 5.41) is 1.21. The van der Waals surface area contributed by atoms with Crippen LogP contribution in [0.4, 0.5) is 11.4 Å². The number of benzene rings is 3. The first-order valence-corrected chi connectivity index (χ1v) is 18.2. The Labute approximate surface area is 287 Å². The van der Waals surface area contributed by atoms with Crippen molar-refractivity contribution in [3.63, 3.8) is 0 Å². The zero-order chi connectivity index (χ0) is 33.8. The van der Waals surface area contributed by atoms with Crippen LogP contribution in [0.2, 0.25) is 0 Å². The Bertz CT molecular complexity index is 2010. The van der Waals surface area contributed by atoms with Gasteiger partial charge in [0.15, 0.2) is 0 Å². The molecule has 0 aromatic heterocycles. The molecule has 4 heteroatoms. The van der Waals surface area contributed by atoms with Crippen molar-refractivity contribution in [3.8, 4) is 11.3 Å². The molecule has 5 aliphatic rings. The third-order valence-electron chi connectivity index (χ3n) is 11.3. The summed E-state index contributed by atoms with van der Waals surface area (Å²) < 4.78 is 9.46. The standard InChI is InChI=1S/C44H52N3O/c1-9-45(10-2)31-25-26-32-34(29-41-44(7,8)36-21-14-16-23-38(36)47(41)12-4)33-19-17-18-30(42(33)48-39(32)28-31)24-27-40-43(5,6)35-20-13-15-22-37(35)46(40)11-3/h13-16,20-29H,9-12,17-19H2,1-8H3/q+1. The summed E-state index contributed by atoms with van der Waals surface area (Å²) in [5.41, 5.74) is 13.1. The molecule has 0 unspecified atom stereocenters. The van der Waals surface area contributed by atoms with Crippen LogP contribution in [0, 0.1) is 0 Å². The molecule has 0 radical (unpaired) electrons. The van der Waals surface area contributed by atoms with Crippen LogP contribution in [-0.4, -0.2) is 26.2 Å². The smallest absolute Gasteiger partial charge is 0.203 e. The van der Waals surface area contributed by atoms with Crippen LogP contribution in [-0.2, 0) is 17.3 Å². The zero-order valence-electron chi connectivity index (χ0n) is 30.3. The maximum atomic E-state index is 7.05. The quantitative estimate of drug-likeness (QED) is 0.196. The summed E-state index contributed by atoms with van der Waals surface area (Å²) in [6.45, 7) is 22.3. The Morgan fingerprint density at radius 3 is 1.96 bits per heavy atom. The molecule has 248 valence electrons. The molecular formula is C44H52N3O+. The maximum Gasteiger partial charge on any atom is 0.203 e. The highest BCUT2D eigenvalue weighted by molar-refractivity contribution is 5.85. The average molecular weight is 639 g/mol. The Balaban J connectivity index is 1.45. The van der Waals surface area contributed by atoms with Gasteiger partial charge in [-0.3, -0.25) is 0 Å². The van der Waals surface area contributed by atoms with Gasteiger partial charge in [-0.05, 0) is 99.6 Å². The molecule has 0 N–H and O–H groups in total. The third-order valence-corrected chi connectivity index (χ3v) is 11.3. The minimum absolute atomic E-state index is 0.0669. The highest BCUT2D eigenvalue weighted by Crippen LogP contribution is 2.50. The summed E-state index contributed by atoms with van der Waals surface area (Å²) >= 11 is 0. The van der Waals surface area contributed by atoms with E-state index in [2.05, 4.69) is 155 Å². The molecule has 3 aliphatic heterocycles. The number of anilines is 2. The topological polar surface area (TPSA) is 22.6 Å². The van der Waals surface area contributed by atoms with Crippen LogP contribution in [0.5, 0.6) is 0 Å². The molecule has 2 aliphatic carbocycles. The number of hydrogen-bond acceptors (Lipinski definition) is 3. The molecule has 2 aromatic rings. The first-order valence-electron chi connectivity index (χ1n) is 18.2. The van der Waals surface area contributed by atoms with Crippen molar-refractivity contribution < 1.29 is 4.42 Å². The molecule has 0 atom stereocenters. The lowest BCUT2D eigenvalue weighted by molar-refractivity contribution is 0.523.